The third kappa shape index (κ3) is 2.07. The molecule has 0 spiro atoms. The Balaban J connectivity index is 0.000000980. The van der Waals surface area contributed by atoms with Crippen LogP contribution in [0.4, 0.5) is 0 Å². The van der Waals surface area contributed by atoms with Crippen molar-refractivity contribution in [2.75, 3.05) is 13.1 Å². The molecule has 1 atom stereocenters. The number of nitrogens with one attached hydrogen (secondary N) is 1. The summed E-state index contributed by atoms with van der Waals surface area (Å²) in [5.41, 5.74) is 0.0412. The second-order valence-corrected chi connectivity index (χ2v) is 3.99. The Morgan fingerprint density at radius 1 is 1.50 bits per heavy atom. The average molecular weight is 218 g/mol. The second-order valence-electron chi connectivity index (χ2n) is 3.99. The SMILES string of the molecule is Cc1noc(C2(C)CCCNC2)n1.Cl. The lowest BCUT2D eigenvalue weighted by molar-refractivity contribution is 0.245. The number of halogens is 1. The summed E-state index contributed by atoms with van der Waals surface area (Å²) in [6, 6.07) is 0. The maximum atomic E-state index is 5.21. The Morgan fingerprint density at radius 2 is 2.29 bits per heavy atom. The monoisotopic (exact) mass is 217 g/mol. The molecule has 0 aromatic carbocycles. The molecule has 2 heterocycles. The molecule has 0 bridgehead atoms. The van der Waals surface area contributed by atoms with E-state index in [1.807, 2.05) is 6.92 Å². The molecule has 1 fully saturated rings. The molecule has 80 valence electrons. The molecular weight excluding hydrogens is 202 g/mol. The zero-order chi connectivity index (χ0) is 9.31. The first-order chi connectivity index (χ1) is 6.21. The van der Waals surface area contributed by atoms with Crippen LogP contribution in [-0.2, 0) is 5.41 Å². The summed E-state index contributed by atoms with van der Waals surface area (Å²) in [5, 5.41) is 7.18. The van der Waals surface area contributed by atoms with Crippen molar-refractivity contribution in [2.24, 2.45) is 0 Å². The summed E-state index contributed by atoms with van der Waals surface area (Å²) in [7, 11) is 0. The van der Waals surface area contributed by atoms with Crippen LogP contribution in [0.5, 0.6) is 0 Å². The van der Waals surface area contributed by atoms with E-state index in [0.717, 1.165) is 31.2 Å². The minimum absolute atomic E-state index is 0. The van der Waals surface area contributed by atoms with Crippen molar-refractivity contribution in [3.63, 3.8) is 0 Å². The lowest BCUT2D eigenvalue weighted by atomic mass is 9.83. The minimum Gasteiger partial charge on any atom is -0.339 e. The molecule has 1 N–H and O–H groups in total. The maximum absolute atomic E-state index is 5.21. The molecule has 0 saturated carbocycles. The summed E-state index contributed by atoms with van der Waals surface area (Å²) >= 11 is 0. The summed E-state index contributed by atoms with van der Waals surface area (Å²) in [5.74, 6) is 1.50. The van der Waals surface area contributed by atoms with Gasteiger partial charge in [-0.05, 0) is 33.2 Å². The number of aryl methyl sites for hydroxylation is 1. The molecule has 1 unspecified atom stereocenters. The van der Waals surface area contributed by atoms with Gasteiger partial charge in [0.25, 0.3) is 0 Å². The lowest BCUT2D eigenvalue weighted by Crippen LogP contribution is -2.41. The van der Waals surface area contributed by atoms with E-state index >= 15 is 0 Å². The number of hydrogen-bond acceptors (Lipinski definition) is 4. The summed E-state index contributed by atoms with van der Waals surface area (Å²) in [4.78, 5) is 4.29. The third-order valence-corrected chi connectivity index (χ3v) is 2.64. The van der Waals surface area contributed by atoms with Gasteiger partial charge < -0.3 is 9.84 Å². The number of nitrogens with zero attached hydrogens (tertiary/aromatic N) is 2. The van der Waals surface area contributed by atoms with E-state index in [9.17, 15) is 0 Å². The van der Waals surface area contributed by atoms with Crippen molar-refractivity contribution >= 4 is 12.4 Å². The van der Waals surface area contributed by atoms with E-state index in [1.165, 1.54) is 6.42 Å². The standard InChI is InChI=1S/C9H15N3O.ClH/c1-7-11-8(13-12-7)9(2)4-3-5-10-6-9;/h10H,3-6H2,1-2H3;1H. The molecule has 4 nitrogen and oxygen atoms in total. The zero-order valence-electron chi connectivity index (χ0n) is 8.54. The fourth-order valence-electron chi connectivity index (χ4n) is 1.78. The molecular formula is C9H16ClN3O. The van der Waals surface area contributed by atoms with Crippen LogP contribution >= 0.6 is 12.4 Å². The second kappa shape index (κ2) is 4.28. The van der Waals surface area contributed by atoms with Crippen molar-refractivity contribution in [2.45, 2.75) is 32.1 Å². The van der Waals surface area contributed by atoms with Crippen LogP contribution in [0.2, 0.25) is 0 Å². The Kier molecular flexibility index (Phi) is 3.50. The Labute approximate surface area is 89.9 Å². The predicted molar refractivity (Wildman–Crippen MR) is 55.7 cm³/mol. The van der Waals surface area contributed by atoms with Crippen LogP contribution in [0.3, 0.4) is 0 Å². The van der Waals surface area contributed by atoms with Crippen molar-refractivity contribution < 1.29 is 4.52 Å². The molecule has 14 heavy (non-hydrogen) atoms. The van der Waals surface area contributed by atoms with E-state index < -0.39 is 0 Å². The van der Waals surface area contributed by atoms with Crippen LogP contribution in [0.15, 0.2) is 4.52 Å². The highest BCUT2D eigenvalue weighted by atomic mass is 35.5. The highest BCUT2D eigenvalue weighted by Gasteiger charge is 2.33. The van der Waals surface area contributed by atoms with Crippen molar-refractivity contribution in [1.82, 2.24) is 15.5 Å². The molecule has 1 aromatic rings. The highest BCUT2D eigenvalue weighted by Crippen LogP contribution is 2.28. The van der Waals surface area contributed by atoms with Crippen LogP contribution < -0.4 is 5.32 Å². The molecule has 2 rings (SSSR count). The van der Waals surface area contributed by atoms with E-state index in [4.69, 9.17) is 4.52 Å². The fourth-order valence-corrected chi connectivity index (χ4v) is 1.78. The van der Waals surface area contributed by atoms with Crippen molar-refractivity contribution in [3.05, 3.63) is 11.7 Å². The summed E-state index contributed by atoms with van der Waals surface area (Å²) in [6.45, 7) is 6.07. The Morgan fingerprint density at radius 3 is 2.79 bits per heavy atom. The van der Waals surface area contributed by atoms with Gasteiger partial charge >= 0.3 is 0 Å². The molecule has 1 aromatic heterocycles. The van der Waals surface area contributed by atoms with Gasteiger partial charge in [-0.3, -0.25) is 0 Å². The van der Waals surface area contributed by atoms with Gasteiger partial charge in [-0.2, -0.15) is 4.98 Å². The van der Waals surface area contributed by atoms with Crippen LogP contribution in [0.25, 0.3) is 0 Å². The zero-order valence-corrected chi connectivity index (χ0v) is 9.36. The number of rotatable bonds is 1. The first-order valence-electron chi connectivity index (χ1n) is 4.72. The third-order valence-electron chi connectivity index (χ3n) is 2.64. The topological polar surface area (TPSA) is 51.0 Å². The molecule has 1 saturated heterocycles. The number of hydrogen-bond donors (Lipinski definition) is 1. The van der Waals surface area contributed by atoms with Gasteiger partial charge in [0.1, 0.15) is 0 Å². The molecule has 1 aliphatic rings. The van der Waals surface area contributed by atoms with Crippen molar-refractivity contribution in [3.8, 4) is 0 Å². The molecule has 0 amide bonds. The van der Waals surface area contributed by atoms with Gasteiger partial charge in [0.05, 0.1) is 5.41 Å². The van der Waals surface area contributed by atoms with Crippen LogP contribution in [0, 0.1) is 6.92 Å². The molecule has 1 aliphatic heterocycles. The van der Waals surface area contributed by atoms with Crippen LogP contribution in [0.1, 0.15) is 31.5 Å². The summed E-state index contributed by atoms with van der Waals surface area (Å²) in [6.07, 6.45) is 2.31. The van der Waals surface area contributed by atoms with Gasteiger partial charge in [-0.1, -0.05) is 5.16 Å². The highest BCUT2D eigenvalue weighted by molar-refractivity contribution is 5.85. The Bertz CT molecular complexity index is 294. The van der Waals surface area contributed by atoms with E-state index in [0.29, 0.717) is 0 Å². The minimum atomic E-state index is 0. The first-order valence-corrected chi connectivity index (χ1v) is 4.72. The number of piperidine rings is 1. The van der Waals surface area contributed by atoms with Crippen molar-refractivity contribution in [1.29, 1.82) is 0 Å². The first kappa shape index (κ1) is 11.5. The van der Waals surface area contributed by atoms with Gasteiger partial charge in [-0.25, -0.2) is 0 Å². The van der Waals surface area contributed by atoms with E-state index in [2.05, 4.69) is 22.4 Å². The normalized spacial score (nSPS) is 27.0. The number of aromatic nitrogens is 2. The lowest BCUT2D eigenvalue weighted by Gasteiger charge is -2.30. The van der Waals surface area contributed by atoms with Gasteiger partial charge in [0.15, 0.2) is 5.82 Å². The largest absolute Gasteiger partial charge is 0.339 e. The Hall–Kier alpha value is -0.610. The van der Waals surface area contributed by atoms with Crippen LogP contribution in [-0.4, -0.2) is 23.2 Å². The van der Waals surface area contributed by atoms with E-state index in [1.54, 1.807) is 0 Å². The maximum Gasteiger partial charge on any atom is 0.233 e. The molecule has 5 heteroatoms. The molecule has 0 aliphatic carbocycles. The smallest absolute Gasteiger partial charge is 0.233 e. The predicted octanol–water partition coefficient (Wildman–Crippen LogP) is 1.44. The van der Waals surface area contributed by atoms with Gasteiger partial charge in [0.2, 0.25) is 5.89 Å². The van der Waals surface area contributed by atoms with Gasteiger partial charge in [-0.15, -0.1) is 12.4 Å². The quantitative estimate of drug-likeness (QED) is 0.774. The average Bonchev–Trinajstić information content (AvgIpc) is 2.54. The fraction of sp³-hybridized carbons (Fsp3) is 0.778. The summed E-state index contributed by atoms with van der Waals surface area (Å²) < 4.78 is 5.21. The van der Waals surface area contributed by atoms with Gasteiger partial charge in [0, 0.05) is 6.54 Å². The molecule has 0 radical (unpaired) electrons. The van der Waals surface area contributed by atoms with E-state index in [-0.39, 0.29) is 17.8 Å².